The minimum absolute atomic E-state index is 0.0917. The summed E-state index contributed by atoms with van der Waals surface area (Å²) in [5.74, 6) is 0.459. The van der Waals surface area contributed by atoms with Crippen molar-refractivity contribution in [1.29, 1.82) is 5.26 Å². The number of aromatic amines is 1. The first-order valence-corrected chi connectivity index (χ1v) is 10.3. The van der Waals surface area contributed by atoms with Crippen LogP contribution in [-0.4, -0.2) is 89.8 Å². The van der Waals surface area contributed by atoms with E-state index in [0.717, 1.165) is 58.8 Å². The molecule has 3 rings (SSSR count). The Bertz CT molecular complexity index is 678. The number of amides is 1. The molecule has 0 aliphatic carbocycles. The molecule has 154 valence electrons. The first-order valence-electron chi connectivity index (χ1n) is 10.3. The number of hydrogen-bond donors (Lipinski definition) is 1. The second kappa shape index (κ2) is 10.0. The van der Waals surface area contributed by atoms with E-state index in [1.165, 1.54) is 11.3 Å². The van der Waals surface area contributed by atoms with Crippen molar-refractivity contribution in [3.05, 3.63) is 17.5 Å². The second-order valence-corrected chi connectivity index (χ2v) is 7.88. The van der Waals surface area contributed by atoms with Gasteiger partial charge in [0.1, 0.15) is 0 Å². The summed E-state index contributed by atoms with van der Waals surface area (Å²) in [6.45, 7) is 8.67. The Balaban J connectivity index is 1.61. The van der Waals surface area contributed by atoms with Crippen LogP contribution in [0.2, 0.25) is 0 Å². The fourth-order valence-corrected chi connectivity index (χ4v) is 4.20. The van der Waals surface area contributed by atoms with E-state index >= 15 is 0 Å². The van der Waals surface area contributed by atoms with Gasteiger partial charge in [0.25, 0.3) is 0 Å². The van der Waals surface area contributed by atoms with Gasteiger partial charge >= 0.3 is 0 Å². The lowest BCUT2D eigenvalue weighted by atomic mass is 9.91. The molecule has 2 aliphatic heterocycles. The topological polar surface area (TPSA) is 88.5 Å². The Morgan fingerprint density at radius 3 is 3.00 bits per heavy atom. The maximum Gasteiger partial charge on any atom is 0.239 e. The number of nitrogens with zero attached hydrogens (tertiary/aromatic N) is 5. The van der Waals surface area contributed by atoms with Gasteiger partial charge in [-0.25, -0.2) is 0 Å². The number of carbonyl (C=O) groups is 1. The van der Waals surface area contributed by atoms with E-state index in [0.29, 0.717) is 18.9 Å². The van der Waals surface area contributed by atoms with E-state index in [2.05, 4.69) is 26.1 Å². The molecule has 0 aromatic carbocycles. The molecule has 1 amide bonds. The van der Waals surface area contributed by atoms with Gasteiger partial charge in [-0.2, -0.15) is 10.4 Å². The molecule has 1 N–H and O–H groups in total. The summed E-state index contributed by atoms with van der Waals surface area (Å²) in [5, 5.41) is 16.3. The molecule has 2 atom stereocenters. The van der Waals surface area contributed by atoms with Crippen molar-refractivity contribution < 1.29 is 9.53 Å². The van der Waals surface area contributed by atoms with Crippen LogP contribution >= 0.6 is 0 Å². The van der Waals surface area contributed by atoms with Crippen molar-refractivity contribution in [2.24, 2.45) is 0 Å². The van der Waals surface area contributed by atoms with E-state index in [-0.39, 0.29) is 11.9 Å². The zero-order valence-electron chi connectivity index (χ0n) is 17.1. The van der Waals surface area contributed by atoms with E-state index in [1.54, 1.807) is 11.9 Å². The first-order chi connectivity index (χ1) is 13.6. The molecule has 0 saturated carbocycles. The minimum atomic E-state index is -0.169. The summed E-state index contributed by atoms with van der Waals surface area (Å²) in [7, 11) is 1.78. The number of likely N-dealkylation sites (N-methyl/N-ethyl adjacent to an activating group) is 1. The van der Waals surface area contributed by atoms with Gasteiger partial charge in [-0.15, -0.1) is 0 Å². The van der Waals surface area contributed by atoms with Gasteiger partial charge in [0, 0.05) is 56.9 Å². The highest BCUT2D eigenvalue weighted by Crippen LogP contribution is 2.29. The van der Waals surface area contributed by atoms with Gasteiger partial charge in [-0.1, -0.05) is 0 Å². The van der Waals surface area contributed by atoms with Gasteiger partial charge in [-0.3, -0.25) is 19.7 Å². The number of ether oxygens (including phenoxy) is 1. The van der Waals surface area contributed by atoms with Crippen LogP contribution in [0.3, 0.4) is 0 Å². The molecule has 0 unspecified atom stereocenters. The molecule has 8 heteroatoms. The Hall–Kier alpha value is -1.95. The van der Waals surface area contributed by atoms with Crippen LogP contribution < -0.4 is 0 Å². The summed E-state index contributed by atoms with van der Waals surface area (Å²) in [4.78, 5) is 19.1. The average Bonchev–Trinajstić information content (AvgIpc) is 3.19. The van der Waals surface area contributed by atoms with E-state index in [4.69, 9.17) is 10.00 Å². The van der Waals surface area contributed by atoms with Crippen molar-refractivity contribution in [3.8, 4) is 6.07 Å². The lowest BCUT2D eigenvalue weighted by molar-refractivity contribution is -0.135. The van der Waals surface area contributed by atoms with Crippen LogP contribution in [-0.2, 0) is 16.1 Å². The normalized spacial score (nSPS) is 22.5. The Labute approximate surface area is 167 Å². The Morgan fingerprint density at radius 1 is 1.46 bits per heavy atom. The summed E-state index contributed by atoms with van der Waals surface area (Å²) in [6, 6.07) is 1.94. The molecule has 0 radical (unpaired) electrons. The number of morpholine rings is 1. The van der Waals surface area contributed by atoms with Crippen LogP contribution in [0.25, 0.3) is 0 Å². The molecule has 1 aromatic rings. The quantitative estimate of drug-likeness (QED) is 0.755. The van der Waals surface area contributed by atoms with Crippen LogP contribution in [0.5, 0.6) is 0 Å². The van der Waals surface area contributed by atoms with Gasteiger partial charge in [-0.05, 0) is 26.3 Å². The molecule has 2 saturated heterocycles. The summed E-state index contributed by atoms with van der Waals surface area (Å²) < 4.78 is 5.45. The molecule has 28 heavy (non-hydrogen) atoms. The largest absolute Gasteiger partial charge is 0.379 e. The molecular formula is C20H32N6O2. The van der Waals surface area contributed by atoms with Crippen molar-refractivity contribution in [3.63, 3.8) is 0 Å². The van der Waals surface area contributed by atoms with Gasteiger partial charge in [0.2, 0.25) is 5.91 Å². The monoisotopic (exact) mass is 388 g/mol. The molecule has 2 fully saturated rings. The maximum atomic E-state index is 12.7. The average molecular weight is 389 g/mol. The molecule has 2 aliphatic rings. The Kier molecular flexibility index (Phi) is 7.43. The van der Waals surface area contributed by atoms with E-state index < -0.39 is 0 Å². The second-order valence-electron chi connectivity index (χ2n) is 7.88. The third-order valence-electron chi connectivity index (χ3n) is 5.95. The zero-order chi connectivity index (χ0) is 19.9. The first kappa shape index (κ1) is 20.8. The van der Waals surface area contributed by atoms with Crippen LogP contribution in [0.4, 0.5) is 0 Å². The number of aromatic nitrogens is 2. The zero-order valence-corrected chi connectivity index (χ0v) is 17.1. The molecule has 8 nitrogen and oxygen atoms in total. The van der Waals surface area contributed by atoms with Crippen LogP contribution in [0.1, 0.15) is 43.4 Å². The number of carbonyl (C=O) groups excluding carboxylic acids is 1. The third kappa shape index (κ3) is 5.10. The van der Waals surface area contributed by atoms with Crippen molar-refractivity contribution in [2.45, 2.75) is 44.7 Å². The standard InChI is InChI=1S/C20H32N6O2/c1-16(20(27)24(2)7-4-6-21)26-8-3-5-17(15-26)19-18(13-22-23-19)14-25-9-11-28-12-10-25/h13,16-17H,3-5,7-12,14-15H2,1-2H3,(H,22,23)/t16-,17-/m0/s1. The predicted octanol–water partition coefficient (Wildman–Crippen LogP) is 1.18. The molecule has 0 bridgehead atoms. The Morgan fingerprint density at radius 2 is 2.25 bits per heavy atom. The van der Waals surface area contributed by atoms with Crippen molar-refractivity contribution in [2.75, 3.05) is 53.0 Å². The highest BCUT2D eigenvalue weighted by atomic mass is 16.5. The highest BCUT2D eigenvalue weighted by Gasteiger charge is 2.31. The summed E-state index contributed by atoms with van der Waals surface area (Å²) in [5.41, 5.74) is 2.48. The van der Waals surface area contributed by atoms with Crippen LogP contribution in [0.15, 0.2) is 6.20 Å². The number of nitrogens with one attached hydrogen (secondary N) is 1. The predicted molar refractivity (Wildman–Crippen MR) is 106 cm³/mol. The number of hydrogen-bond acceptors (Lipinski definition) is 6. The highest BCUT2D eigenvalue weighted by molar-refractivity contribution is 5.81. The number of likely N-dealkylation sites (tertiary alicyclic amines) is 1. The summed E-state index contributed by atoms with van der Waals surface area (Å²) in [6.07, 6.45) is 4.50. The fourth-order valence-electron chi connectivity index (χ4n) is 4.20. The SMILES string of the molecule is C[C@@H](C(=O)N(C)CCC#N)N1CCC[C@H](c2[nH]ncc2CN2CCOCC2)C1. The molecule has 0 spiro atoms. The number of rotatable bonds is 7. The van der Waals surface area contributed by atoms with E-state index in [9.17, 15) is 4.79 Å². The summed E-state index contributed by atoms with van der Waals surface area (Å²) >= 11 is 0. The minimum Gasteiger partial charge on any atom is -0.379 e. The number of piperidine rings is 1. The molecule has 3 heterocycles. The number of nitriles is 1. The molecular weight excluding hydrogens is 356 g/mol. The maximum absolute atomic E-state index is 12.7. The smallest absolute Gasteiger partial charge is 0.239 e. The molecule has 1 aromatic heterocycles. The third-order valence-corrected chi connectivity index (χ3v) is 5.95. The lowest BCUT2D eigenvalue weighted by Gasteiger charge is -2.37. The van der Waals surface area contributed by atoms with Gasteiger partial charge < -0.3 is 9.64 Å². The van der Waals surface area contributed by atoms with Crippen molar-refractivity contribution >= 4 is 5.91 Å². The van der Waals surface area contributed by atoms with Crippen LogP contribution in [0, 0.1) is 11.3 Å². The lowest BCUT2D eigenvalue weighted by Crippen LogP contribution is -2.49. The van der Waals surface area contributed by atoms with Crippen molar-refractivity contribution in [1.82, 2.24) is 24.9 Å². The van der Waals surface area contributed by atoms with Gasteiger partial charge in [0.05, 0.1) is 37.9 Å². The van der Waals surface area contributed by atoms with E-state index in [1.807, 2.05) is 13.1 Å². The number of H-pyrrole nitrogens is 1. The van der Waals surface area contributed by atoms with Gasteiger partial charge in [0.15, 0.2) is 0 Å². The fraction of sp³-hybridized carbons (Fsp3) is 0.750.